The summed E-state index contributed by atoms with van der Waals surface area (Å²) >= 11 is 0. The maximum Gasteiger partial charge on any atom is 0.244 e. The molecule has 0 saturated carbocycles. The van der Waals surface area contributed by atoms with Crippen molar-refractivity contribution in [1.82, 2.24) is 15.5 Å². The third-order valence-corrected chi connectivity index (χ3v) is 3.44. The minimum Gasteiger partial charge on any atom is -0.355 e. The number of piperidine rings is 1. The molecule has 0 aromatic carbocycles. The molecule has 1 fully saturated rings. The summed E-state index contributed by atoms with van der Waals surface area (Å²) in [6.07, 6.45) is 0.917. The Balaban J connectivity index is 2.47. The topological polar surface area (TPSA) is 78.5 Å². The first-order valence-corrected chi connectivity index (χ1v) is 6.85. The number of nitrogens with zero attached hydrogens (tertiary/aromatic N) is 1. The third-order valence-electron chi connectivity index (χ3n) is 3.44. The van der Waals surface area contributed by atoms with Crippen molar-refractivity contribution >= 4 is 17.7 Å². The average molecular weight is 269 g/mol. The summed E-state index contributed by atoms with van der Waals surface area (Å²) in [6, 6.07) is -0.523. The first-order chi connectivity index (χ1) is 8.99. The minimum atomic E-state index is -0.523. The van der Waals surface area contributed by atoms with Gasteiger partial charge in [-0.25, -0.2) is 0 Å². The van der Waals surface area contributed by atoms with Gasteiger partial charge in [0, 0.05) is 26.1 Å². The SMILES string of the molecule is CCN(CC)C(=O)C(C)NC(=O)C1CCC(=O)NC1. The molecule has 6 heteroatoms. The molecule has 0 aliphatic carbocycles. The molecular formula is C13H23N3O3. The number of carbonyl (C=O) groups is 3. The molecule has 2 unspecified atom stereocenters. The molecule has 2 atom stereocenters. The second kappa shape index (κ2) is 7.11. The van der Waals surface area contributed by atoms with Crippen LogP contribution >= 0.6 is 0 Å². The Morgan fingerprint density at radius 1 is 1.42 bits per heavy atom. The van der Waals surface area contributed by atoms with E-state index in [1.807, 2.05) is 13.8 Å². The van der Waals surface area contributed by atoms with Gasteiger partial charge >= 0.3 is 0 Å². The van der Waals surface area contributed by atoms with E-state index in [0.29, 0.717) is 32.5 Å². The molecule has 0 bridgehead atoms. The van der Waals surface area contributed by atoms with Gasteiger partial charge in [0.1, 0.15) is 6.04 Å². The van der Waals surface area contributed by atoms with E-state index in [0.717, 1.165) is 0 Å². The Morgan fingerprint density at radius 2 is 2.05 bits per heavy atom. The highest BCUT2D eigenvalue weighted by Gasteiger charge is 2.27. The van der Waals surface area contributed by atoms with Crippen molar-refractivity contribution < 1.29 is 14.4 Å². The summed E-state index contributed by atoms with van der Waals surface area (Å²) in [5.74, 6) is -0.479. The Bertz CT molecular complexity index is 343. The molecule has 1 saturated heterocycles. The second-order valence-corrected chi connectivity index (χ2v) is 4.78. The Labute approximate surface area is 113 Å². The van der Waals surface area contributed by atoms with Crippen LogP contribution in [0.25, 0.3) is 0 Å². The summed E-state index contributed by atoms with van der Waals surface area (Å²) < 4.78 is 0. The molecule has 2 N–H and O–H groups in total. The smallest absolute Gasteiger partial charge is 0.244 e. The van der Waals surface area contributed by atoms with Gasteiger partial charge in [-0.2, -0.15) is 0 Å². The van der Waals surface area contributed by atoms with E-state index in [2.05, 4.69) is 10.6 Å². The fourth-order valence-corrected chi connectivity index (χ4v) is 2.16. The Kier molecular flexibility index (Phi) is 5.79. The van der Waals surface area contributed by atoms with E-state index < -0.39 is 6.04 Å². The maximum atomic E-state index is 12.0. The lowest BCUT2D eigenvalue weighted by molar-refractivity contribution is -0.137. The summed E-state index contributed by atoms with van der Waals surface area (Å²) in [6.45, 7) is 7.14. The highest BCUT2D eigenvalue weighted by Crippen LogP contribution is 2.11. The first-order valence-electron chi connectivity index (χ1n) is 6.85. The number of hydrogen-bond acceptors (Lipinski definition) is 3. The van der Waals surface area contributed by atoms with Gasteiger partial charge in [0.15, 0.2) is 0 Å². The molecule has 6 nitrogen and oxygen atoms in total. The molecule has 19 heavy (non-hydrogen) atoms. The third kappa shape index (κ3) is 4.22. The quantitative estimate of drug-likeness (QED) is 0.730. The molecule has 1 aliphatic heterocycles. The standard InChI is InChI=1S/C13H23N3O3/c1-4-16(5-2)13(19)9(3)15-12(18)10-6-7-11(17)14-8-10/h9-10H,4-8H2,1-3H3,(H,14,17)(H,15,18). The molecule has 1 rings (SSSR count). The zero-order valence-electron chi connectivity index (χ0n) is 11.9. The molecule has 0 spiro atoms. The van der Waals surface area contributed by atoms with E-state index in [1.165, 1.54) is 0 Å². The van der Waals surface area contributed by atoms with Crippen molar-refractivity contribution in [1.29, 1.82) is 0 Å². The van der Waals surface area contributed by atoms with Crippen molar-refractivity contribution in [2.24, 2.45) is 5.92 Å². The van der Waals surface area contributed by atoms with E-state index in [4.69, 9.17) is 0 Å². The lowest BCUT2D eigenvalue weighted by Crippen LogP contribution is -2.50. The lowest BCUT2D eigenvalue weighted by atomic mass is 9.98. The summed E-state index contributed by atoms with van der Waals surface area (Å²) in [7, 11) is 0. The highest BCUT2D eigenvalue weighted by molar-refractivity contribution is 5.89. The van der Waals surface area contributed by atoms with Crippen LogP contribution in [0.1, 0.15) is 33.6 Å². The predicted octanol–water partition coefficient (Wildman–Crippen LogP) is -0.114. The van der Waals surface area contributed by atoms with Crippen molar-refractivity contribution in [2.75, 3.05) is 19.6 Å². The van der Waals surface area contributed by atoms with E-state index in [1.54, 1.807) is 11.8 Å². The van der Waals surface area contributed by atoms with Gasteiger partial charge in [-0.05, 0) is 27.2 Å². The van der Waals surface area contributed by atoms with Crippen LogP contribution in [0.2, 0.25) is 0 Å². The van der Waals surface area contributed by atoms with E-state index in [-0.39, 0.29) is 23.6 Å². The molecule has 1 aliphatic rings. The Hall–Kier alpha value is -1.59. The van der Waals surface area contributed by atoms with Crippen molar-refractivity contribution in [3.63, 3.8) is 0 Å². The molecular weight excluding hydrogens is 246 g/mol. The van der Waals surface area contributed by atoms with Gasteiger partial charge < -0.3 is 15.5 Å². The monoisotopic (exact) mass is 269 g/mol. The minimum absolute atomic E-state index is 0.0173. The van der Waals surface area contributed by atoms with Crippen LogP contribution in [0.5, 0.6) is 0 Å². The van der Waals surface area contributed by atoms with Gasteiger partial charge in [-0.1, -0.05) is 0 Å². The molecule has 1 heterocycles. The van der Waals surface area contributed by atoms with Crippen molar-refractivity contribution in [3.05, 3.63) is 0 Å². The van der Waals surface area contributed by atoms with Gasteiger partial charge in [-0.3, -0.25) is 14.4 Å². The zero-order valence-corrected chi connectivity index (χ0v) is 11.9. The lowest BCUT2D eigenvalue weighted by Gasteiger charge is -2.26. The highest BCUT2D eigenvalue weighted by atomic mass is 16.2. The largest absolute Gasteiger partial charge is 0.355 e. The molecule has 0 radical (unpaired) electrons. The predicted molar refractivity (Wildman–Crippen MR) is 71.3 cm³/mol. The number of likely N-dealkylation sites (N-methyl/N-ethyl adjacent to an activating group) is 1. The van der Waals surface area contributed by atoms with Crippen molar-refractivity contribution in [2.45, 2.75) is 39.7 Å². The fraction of sp³-hybridized carbons (Fsp3) is 0.769. The summed E-state index contributed by atoms with van der Waals surface area (Å²) in [5, 5.41) is 5.40. The van der Waals surface area contributed by atoms with E-state index in [9.17, 15) is 14.4 Å². The molecule has 108 valence electrons. The van der Waals surface area contributed by atoms with Gasteiger partial charge in [0.2, 0.25) is 17.7 Å². The van der Waals surface area contributed by atoms with Crippen LogP contribution in [0.3, 0.4) is 0 Å². The maximum absolute atomic E-state index is 12.0. The van der Waals surface area contributed by atoms with Crippen LogP contribution < -0.4 is 10.6 Å². The number of carbonyl (C=O) groups excluding carboxylic acids is 3. The number of nitrogens with one attached hydrogen (secondary N) is 2. The number of hydrogen-bond donors (Lipinski definition) is 2. The summed E-state index contributed by atoms with van der Waals surface area (Å²) in [4.78, 5) is 36.7. The van der Waals surface area contributed by atoms with Crippen LogP contribution in [-0.2, 0) is 14.4 Å². The molecule has 0 aromatic rings. The van der Waals surface area contributed by atoms with Gasteiger partial charge in [0.25, 0.3) is 0 Å². The molecule has 0 aromatic heterocycles. The fourth-order valence-electron chi connectivity index (χ4n) is 2.16. The number of rotatable bonds is 5. The summed E-state index contributed by atoms with van der Waals surface area (Å²) in [5.41, 5.74) is 0. The first kappa shape index (κ1) is 15.5. The van der Waals surface area contributed by atoms with Crippen LogP contribution in [0.4, 0.5) is 0 Å². The number of amides is 3. The van der Waals surface area contributed by atoms with Crippen molar-refractivity contribution in [3.8, 4) is 0 Å². The van der Waals surface area contributed by atoms with Crippen LogP contribution in [0.15, 0.2) is 0 Å². The Morgan fingerprint density at radius 3 is 2.53 bits per heavy atom. The molecule has 3 amide bonds. The second-order valence-electron chi connectivity index (χ2n) is 4.78. The van der Waals surface area contributed by atoms with Gasteiger partial charge in [-0.15, -0.1) is 0 Å². The zero-order chi connectivity index (χ0) is 14.4. The van der Waals surface area contributed by atoms with Crippen LogP contribution in [0, 0.1) is 5.92 Å². The van der Waals surface area contributed by atoms with E-state index >= 15 is 0 Å². The van der Waals surface area contributed by atoms with Gasteiger partial charge in [0.05, 0.1) is 5.92 Å². The average Bonchev–Trinajstić information content (AvgIpc) is 2.40. The van der Waals surface area contributed by atoms with Crippen LogP contribution in [-0.4, -0.2) is 48.3 Å². The normalized spacial score (nSPS) is 20.4.